The van der Waals surface area contributed by atoms with E-state index in [0.29, 0.717) is 11.3 Å². The third kappa shape index (κ3) is 2.97. The molecule has 1 nitrogen and oxygen atoms in total. The summed E-state index contributed by atoms with van der Waals surface area (Å²) in [5, 5.41) is 8.83. The Hall–Kier alpha value is -2.24. The van der Waals surface area contributed by atoms with Crippen LogP contribution in [-0.4, -0.2) is 6.66 Å². The lowest BCUT2D eigenvalue weighted by molar-refractivity contribution is -0.659. The highest BCUT2D eigenvalue weighted by Gasteiger charge is 2.34. The molecule has 0 saturated heterocycles. The molecule has 2 heteroatoms. The van der Waals surface area contributed by atoms with Crippen molar-refractivity contribution in [1.29, 1.82) is 0 Å². The van der Waals surface area contributed by atoms with Gasteiger partial charge in [-0.3, -0.25) is 0 Å². The third-order valence-corrected chi connectivity index (χ3v) is 10.4. The van der Waals surface area contributed by atoms with E-state index in [1.807, 2.05) is 0 Å². The Bertz CT molecular complexity index is 1390. The van der Waals surface area contributed by atoms with E-state index in [1.54, 1.807) is 16.2 Å². The molecule has 0 bridgehead atoms. The highest BCUT2D eigenvalue weighted by atomic mass is 31.1. The van der Waals surface area contributed by atoms with E-state index in [1.165, 1.54) is 64.0 Å². The van der Waals surface area contributed by atoms with Crippen molar-refractivity contribution in [1.82, 2.24) is 0 Å². The zero-order chi connectivity index (χ0) is 22.2. The molecule has 0 spiro atoms. The maximum atomic E-state index is 2.61. The Morgan fingerprint density at radius 2 is 1.69 bits per heavy atom. The summed E-state index contributed by atoms with van der Waals surface area (Å²) in [7, 11) is 1.84. The van der Waals surface area contributed by atoms with Gasteiger partial charge in [0.05, 0.1) is 10.9 Å². The number of benzene rings is 3. The summed E-state index contributed by atoms with van der Waals surface area (Å²) >= 11 is 0. The highest BCUT2D eigenvalue weighted by Crippen LogP contribution is 2.48. The Morgan fingerprint density at radius 3 is 2.47 bits per heavy atom. The fraction of sp³-hybridized carbons (Fsp3) is 0.367. The fourth-order valence-electron chi connectivity index (χ4n) is 6.24. The Balaban J connectivity index is 1.61. The van der Waals surface area contributed by atoms with Crippen molar-refractivity contribution in [3.05, 3.63) is 65.9 Å². The summed E-state index contributed by atoms with van der Waals surface area (Å²) < 4.78 is 2.36. The summed E-state index contributed by atoms with van der Waals surface area (Å²) in [5.74, 6) is 0.712. The lowest BCUT2D eigenvalue weighted by Crippen LogP contribution is -2.36. The minimum Gasteiger partial charge on any atom is -0.200 e. The van der Waals surface area contributed by atoms with E-state index in [0.717, 1.165) is 0 Å². The van der Waals surface area contributed by atoms with Gasteiger partial charge in [-0.05, 0) is 109 Å². The van der Waals surface area contributed by atoms with Crippen LogP contribution in [0.15, 0.2) is 54.7 Å². The lowest BCUT2D eigenvalue weighted by atomic mass is 9.71. The zero-order valence-electron chi connectivity index (χ0n) is 20.0. The molecule has 1 aromatic heterocycles. The molecule has 1 atom stereocenters. The fourth-order valence-corrected chi connectivity index (χ4v) is 8.36. The van der Waals surface area contributed by atoms with Crippen LogP contribution in [0.5, 0.6) is 0 Å². The number of hydrogen-bond donors (Lipinski definition) is 0. The van der Waals surface area contributed by atoms with Crippen molar-refractivity contribution >= 4 is 40.1 Å². The van der Waals surface area contributed by atoms with Gasteiger partial charge in [-0.2, -0.15) is 0 Å². The highest BCUT2D eigenvalue weighted by molar-refractivity contribution is 7.73. The number of fused-ring (bicyclic) bond motifs is 3. The van der Waals surface area contributed by atoms with Crippen LogP contribution in [-0.2, 0) is 7.05 Å². The molecule has 162 valence electrons. The maximum absolute atomic E-state index is 2.61. The summed E-state index contributed by atoms with van der Waals surface area (Å²) in [4.78, 5) is 0. The number of hydrogen-bond acceptors (Lipinski definition) is 0. The van der Waals surface area contributed by atoms with Crippen LogP contribution in [0.4, 0.5) is 0 Å². The van der Waals surface area contributed by atoms with Crippen molar-refractivity contribution in [2.45, 2.75) is 52.4 Å². The molecule has 6 rings (SSSR count). The molecule has 0 amide bonds. The van der Waals surface area contributed by atoms with Crippen LogP contribution in [0, 0.1) is 12.3 Å². The van der Waals surface area contributed by atoms with E-state index >= 15 is 0 Å². The quantitative estimate of drug-likeness (QED) is 0.226. The van der Waals surface area contributed by atoms with Crippen LogP contribution in [0.3, 0.4) is 0 Å². The molecule has 1 aliphatic heterocycles. The van der Waals surface area contributed by atoms with Gasteiger partial charge >= 0.3 is 0 Å². The van der Waals surface area contributed by atoms with Crippen LogP contribution < -0.4 is 15.2 Å². The van der Waals surface area contributed by atoms with E-state index in [-0.39, 0.29) is 7.92 Å². The van der Waals surface area contributed by atoms with Gasteiger partial charge in [0, 0.05) is 6.07 Å². The Labute approximate surface area is 193 Å². The maximum Gasteiger partial charge on any atom is 0.221 e. The molecule has 2 aliphatic rings. The smallest absolute Gasteiger partial charge is 0.200 e. The van der Waals surface area contributed by atoms with Gasteiger partial charge in [0.1, 0.15) is 7.05 Å². The second kappa shape index (κ2) is 7.13. The summed E-state index contributed by atoms with van der Waals surface area (Å²) in [6.45, 7) is 9.69. The molecule has 32 heavy (non-hydrogen) atoms. The lowest BCUT2D eigenvalue weighted by Gasteiger charge is -2.35. The van der Waals surface area contributed by atoms with E-state index in [4.69, 9.17) is 0 Å². The van der Waals surface area contributed by atoms with Gasteiger partial charge < -0.3 is 0 Å². The van der Waals surface area contributed by atoms with E-state index in [9.17, 15) is 0 Å². The first-order valence-corrected chi connectivity index (χ1v) is 13.9. The topological polar surface area (TPSA) is 3.88 Å². The van der Waals surface area contributed by atoms with Gasteiger partial charge in [0.25, 0.3) is 0 Å². The largest absolute Gasteiger partial charge is 0.221 e. The van der Waals surface area contributed by atoms with Crippen molar-refractivity contribution < 1.29 is 4.57 Å². The second-order valence-electron chi connectivity index (χ2n) is 10.9. The molecule has 1 saturated carbocycles. The van der Waals surface area contributed by atoms with Crippen molar-refractivity contribution in [3.8, 4) is 11.3 Å². The molecule has 3 aromatic carbocycles. The van der Waals surface area contributed by atoms with Crippen LogP contribution in [0.1, 0.15) is 56.6 Å². The van der Waals surface area contributed by atoms with Crippen LogP contribution in [0.25, 0.3) is 32.8 Å². The predicted molar refractivity (Wildman–Crippen MR) is 140 cm³/mol. The van der Waals surface area contributed by atoms with Crippen LogP contribution in [0.2, 0.25) is 0 Å². The number of rotatable bonds is 1. The van der Waals surface area contributed by atoms with E-state index < -0.39 is 0 Å². The summed E-state index contributed by atoms with van der Waals surface area (Å²) in [6, 6.07) is 18.9. The molecule has 1 unspecified atom stereocenters. The number of aryl methyl sites for hydroxylation is 2. The molecule has 4 aromatic rings. The average Bonchev–Trinajstić information content (AvgIpc) is 2.78. The standard InChI is InChI=1S/C30H33NP/c1-19-24-9-7-6-8-21(24)17-25-27(19)29-28-22(12-15-31(29)4)16-23(18-26(28)32(25)5)20-10-13-30(2,3)14-11-20/h6-9,12,15-18,20H,10-11,13-14H2,1-5H3/q+1. The number of nitrogens with zero attached hydrogens (tertiary/aromatic N) is 1. The van der Waals surface area contributed by atoms with Crippen molar-refractivity contribution in [2.75, 3.05) is 6.66 Å². The molecule has 0 N–H and O–H groups in total. The normalized spacial score (nSPS) is 20.0. The zero-order valence-corrected chi connectivity index (χ0v) is 20.9. The molecular weight excluding hydrogens is 405 g/mol. The summed E-state index contributed by atoms with van der Waals surface area (Å²) in [5.41, 5.74) is 6.41. The van der Waals surface area contributed by atoms with Gasteiger partial charge in [-0.25, -0.2) is 4.57 Å². The Morgan fingerprint density at radius 1 is 0.938 bits per heavy atom. The van der Waals surface area contributed by atoms with Gasteiger partial charge in [0.15, 0.2) is 6.20 Å². The van der Waals surface area contributed by atoms with Gasteiger partial charge in [-0.1, -0.05) is 44.2 Å². The first kappa shape index (κ1) is 20.4. The van der Waals surface area contributed by atoms with E-state index in [2.05, 4.69) is 93.8 Å². The SMILES string of the molecule is Cc1c2c(cc3ccccc13)P(C)c1cc(C3CCC(C)(C)CC3)cc3cc[n+](C)c-2c13. The average molecular weight is 439 g/mol. The molecule has 1 aliphatic carbocycles. The summed E-state index contributed by atoms with van der Waals surface area (Å²) in [6.07, 6.45) is 7.61. The van der Waals surface area contributed by atoms with Crippen molar-refractivity contribution in [3.63, 3.8) is 0 Å². The molecule has 0 radical (unpaired) electrons. The minimum absolute atomic E-state index is 0.384. The van der Waals surface area contributed by atoms with Gasteiger partial charge in [0.2, 0.25) is 5.69 Å². The number of aromatic nitrogens is 1. The molecule has 2 heterocycles. The third-order valence-electron chi connectivity index (χ3n) is 8.30. The number of pyridine rings is 1. The van der Waals surface area contributed by atoms with Gasteiger partial charge in [-0.15, -0.1) is 0 Å². The van der Waals surface area contributed by atoms with Crippen LogP contribution >= 0.6 is 7.92 Å². The monoisotopic (exact) mass is 438 g/mol. The molecular formula is C30H33NP+. The first-order chi connectivity index (χ1) is 15.3. The minimum atomic E-state index is -0.384. The van der Waals surface area contributed by atoms with Crippen molar-refractivity contribution in [2.24, 2.45) is 12.5 Å². The second-order valence-corrected chi connectivity index (χ2v) is 13.0. The Kier molecular flexibility index (Phi) is 4.54. The molecule has 1 fully saturated rings. The first-order valence-electron chi connectivity index (χ1n) is 12.1. The predicted octanol–water partition coefficient (Wildman–Crippen LogP) is 6.85.